The van der Waals surface area contributed by atoms with E-state index in [4.69, 9.17) is 0 Å². The van der Waals surface area contributed by atoms with Gasteiger partial charge in [0.2, 0.25) is 0 Å². The van der Waals surface area contributed by atoms with Crippen LogP contribution in [-0.2, 0) is 17.7 Å². The van der Waals surface area contributed by atoms with E-state index >= 15 is 0 Å². The molecule has 0 aliphatic heterocycles. The number of hydrogen-bond donors (Lipinski definition) is 1. The summed E-state index contributed by atoms with van der Waals surface area (Å²) in [5.74, 6) is -0.268. The number of halogens is 3. The lowest BCUT2D eigenvalue weighted by atomic mass is 10.0. The van der Waals surface area contributed by atoms with Gasteiger partial charge in [0.15, 0.2) is 0 Å². The number of anilines is 1. The van der Waals surface area contributed by atoms with Gasteiger partial charge in [0.1, 0.15) is 10.8 Å². The van der Waals surface area contributed by atoms with E-state index in [0.717, 1.165) is 41.6 Å². The monoisotopic (exact) mass is 514 g/mol. The molecule has 0 radical (unpaired) electrons. The van der Waals surface area contributed by atoms with E-state index in [2.05, 4.69) is 23.5 Å². The van der Waals surface area contributed by atoms with E-state index in [1.807, 2.05) is 30.3 Å². The van der Waals surface area contributed by atoms with Crippen LogP contribution in [0.2, 0.25) is 0 Å². The molecule has 10 heteroatoms. The largest absolute Gasteiger partial charge is 0.573 e. The molecule has 0 fully saturated rings. The predicted octanol–water partition coefficient (Wildman–Crippen LogP) is 6.48. The zero-order chi connectivity index (χ0) is 24.7. The number of thiophene rings is 1. The van der Waals surface area contributed by atoms with Crippen LogP contribution < -0.4 is 9.04 Å². The molecule has 2 unspecified atom stereocenters. The average Bonchev–Trinajstić information content (AvgIpc) is 3.20. The maximum Gasteiger partial charge on any atom is 0.573 e. The van der Waals surface area contributed by atoms with Gasteiger partial charge >= 0.3 is 6.36 Å². The molecule has 0 aliphatic carbocycles. The van der Waals surface area contributed by atoms with Crippen molar-refractivity contribution in [3.8, 4) is 5.75 Å². The van der Waals surface area contributed by atoms with Gasteiger partial charge < -0.3 is 4.74 Å². The molecule has 2 aromatic carbocycles. The van der Waals surface area contributed by atoms with Crippen molar-refractivity contribution in [2.75, 3.05) is 23.9 Å². The Hall–Kier alpha value is -2.14. The summed E-state index contributed by atoms with van der Waals surface area (Å²) in [6.07, 6.45) is -2.39. The quantitative estimate of drug-likeness (QED) is 0.281. The number of hydrogen-bond acceptors (Lipinski definition) is 4. The van der Waals surface area contributed by atoms with E-state index in [1.54, 1.807) is 12.1 Å². The summed E-state index contributed by atoms with van der Waals surface area (Å²) in [7, 11) is 0. The number of alkyl halides is 3. The molecule has 0 amide bonds. The smallest absolute Gasteiger partial charge is 0.406 e. The van der Waals surface area contributed by atoms with Crippen molar-refractivity contribution in [3.63, 3.8) is 0 Å². The van der Waals surface area contributed by atoms with Crippen molar-refractivity contribution in [1.29, 1.82) is 0 Å². The molecule has 0 aliphatic rings. The summed E-state index contributed by atoms with van der Waals surface area (Å²) >= 11 is -0.768. The summed E-state index contributed by atoms with van der Waals surface area (Å²) in [4.78, 5) is 2.29. The zero-order valence-electron chi connectivity index (χ0n) is 19.1. The maximum atomic E-state index is 12.5. The van der Waals surface area contributed by atoms with Crippen molar-refractivity contribution >= 4 is 37.7 Å². The van der Waals surface area contributed by atoms with Gasteiger partial charge in [0.05, 0.1) is 6.54 Å². The minimum atomic E-state index is -4.74. The molecule has 2 atom stereocenters. The van der Waals surface area contributed by atoms with Crippen LogP contribution in [0, 0.1) is 0 Å². The fourth-order valence-electron chi connectivity index (χ4n) is 3.97. The van der Waals surface area contributed by atoms with Crippen LogP contribution in [0.4, 0.5) is 18.2 Å². The van der Waals surface area contributed by atoms with Gasteiger partial charge in [-0.3, -0.25) is 13.8 Å². The highest BCUT2D eigenvalue weighted by Crippen LogP contribution is 2.33. The molecule has 34 heavy (non-hydrogen) atoms. The third-order valence-electron chi connectivity index (χ3n) is 5.39. The van der Waals surface area contributed by atoms with Gasteiger partial charge in [-0.1, -0.05) is 44.2 Å². The van der Waals surface area contributed by atoms with Crippen LogP contribution in [0.15, 0.2) is 54.6 Å². The number of fused-ring (bicyclic) bond motifs is 1. The number of nitrogens with zero attached hydrogens (tertiary/aromatic N) is 2. The van der Waals surface area contributed by atoms with E-state index < -0.39 is 17.6 Å². The van der Waals surface area contributed by atoms with E-state index in [-0.39, 0.29) is 11.8 Å². The molecular weight excluding hydrogens is 485 g/mol. The normalized spacial score (nSPS) is 13.9. The second-order valence-corrected chi connectivity index (χ2v) is 9.96. The third-order valence-corrected chi connectivity index (χ3v) is 7.37. The van der Waals surface area contributed by atoms with Gasteiger partial charge in [-0.25, -0.2) is 4.21 Å². The minimum Gasteiger partial charge on any atom is -0.406 e. The van der Waals surface area contributed by atoms with Gasteiger partial charge in [0, 0.05) is 10.7 Å². The van der Waals surface area contributed by atoms with Crippen LogP contribution in [0.5, 0.6) is 5.75 Å². The Balaban J connectivity index is 1.87. The lowest BCUT2D eigenvalue weighted by molar-refractivity contribution is -0.274. The maximum absolute atomic E-state index is 12.5. The molecule has 0 spiro atoms. The predicted molar refractivity (Wildman–Crippen MR) is 133 cm³/mol. The molecule has 5 nitrogen and oxygen atoms in total. The van der Waals surface area contributed by atoms with Gasteiger partial charge in [-0.05, 0) is 67.6 Å². The number of benzene rings is 2. The lowest BCUT2D eigenvalue weighted by Crippen LogP contribution is -2.46. The number of rotatable bonds is 12. The summed E-state index contributed by atoms with van der Waals surface area (Å²) in [6, 6.07) is 15.4. The van der Waals surface area contributed by atoms with E-state index in [0.29, 0.717) is 18.0 Å². The standard InChI is InChI=1S/C24H29F3N2O3S2/c1-3-13-28(14-4-2)20(15-18-9-11-21(12-10-18)32-24(25,26)27)17-29(34(30)31)23-16-19-7-5-6-8-22(19)33-23/h5-12,16,20H,3-4,13-15,17H2,1-2H3,(H,30,31). The Bertz CT molecular complexity index is 1030. The van der Waals surface area contributed by atoms with Crippen LogP contribution in [-0.4, -0.2) is 45.7 Å². The van der Waals surface area contributed by atoms with Gasteiger partial charge in [-0.15, -0.1) is 24.5 Å². The first-order valence-corrected chi connectivity index (χ1v) is 13.0. The van der Waals surface area contributed by atoms with Crippen LogP contribution >= 0.6 is 11.3 Å². The molecule has 3 rings (SSSR count). The van der Waals surface area contributed by atoms with E-state index in [1.165, 1.54) is 27.8 Å². The second kappa shape index (κ2) is 12.0. The summed E-state index contributed by atoms with van der Waals surface area (Å²) < 4.78 is 66.5. The zero-order valence-corrected chi connectivity index (χ0v) is 20.8. The first-order valence-electron chi connectivity index (χ1n) is 11.2. The van der Waals surface area contributed by atoms with Gasteiger partial charge in [0.25, 0.3) is 11.3 Å². The summed E-state index contributed by atoms with van der Waals surface area (Å²) in [5, 5.41) is 1.71. The molecule has 0 bridgehead atoms. The summed E-state index contributed by atoms with van der Waals surface area (Å²) in [5.41, 5.74) is 0.830. The highest BCUT2D eigenvalue weighted by atomic mass is 32.2. The Morgan fingerprint density at radius 1 is 1.06 bits per heavy atom. The first-order chi connectivity index (χ1) is 16.2. The Labute approximate surface area is 204 Å². The van der Waals surface area contributed by atoms with Gasteiger partial charge in [-0.2, -0.15) is 0 Å². The molecule has 1 heterocycles. The van der Waals surface area contributed by atoms with E-state index in [9.17, 15) is 21.9 Å². The SMILES string of the molecule is CCCN(CCC)C(Cc1ccc(OC(F)(F)F)cc1)CN(c1cc2ccccc2s1)S(=O)O. The number of ether oxygens (including phenoxy) is 1. The van der Waals surface area contributed by atoms with Crippen molar-refractivity contribution in [1.82, 2.24) is 4.90 Å². The van der Waals surface area contributed by atoms with Crippen LogP contribution in [0.1, 0.15) is 32.3 Å². The Kier molecular flexibility index (Phi) is 9.35. The topological polar surface area (TPSA) is 53.0 Å². The fraction of sp³-hybridized carbons (Fsp3) is 0.417. The minimum absolute atomic E-state index is 0.115. The summed E-state index contributed by atoms with van der Waals surface area (Å²) in [6.45, 7) is 6.09. The molecular formula is C24H29F3N2O3S2. The van der Waals surface area contributed by atoms with Crippen molar-refractivity contribution in [2.45, 2.75) is 45.5 Å². The lowest BCUT2D eigenvalue weighted by Gasteiger charge is -2.34. The first kappa shape index (κ1) is 26.5. The second-order valence-electron chi connectivity index (χ2n) is 8.00. The fourth-order valence-corrected chi connectivity index (χ4v) is 5.76. The molecule has 186 valence electrons. The molecule has 0 saturated carbocycles. The Morgan fingerprint density at radius 3 is 2.26 bits per heavy atom. The van der Waals surface area contributed by atoms with Crippen LogP contribution in [0.25, 0.3) is 10.1 Å². The highest BCUT2D eigenvalue weighted by molar-refractivity contribution is 7.81. The molecule has 1 N–H and O–H groups in total. The molecule has 3 aromatic rings. The van der Waals surface area contributed by atoms with Crippen molar-refractivity contribution in [3.05, 3.63) is 60.2 Å². The van der Waals surface area contributed by atoms with Crippen LogP contribution in [0.3, 0.4) is 0 Å². The molecule has 0 saturated heterocycles. The highest BCUT2D eigenvalue weighted by Gasteiger charge is 2.31. The Morgan fingerprint density at radius 2 is 1.71 bits per heavy atom. The molecule has 1 aromatic heterocycles. The third kappa shape index (κ3) is 7.43. The average molecular weight is 515 g/mol. The van der Waals surface area contributed by atoms with Crippen molar-refractivity contribution in [2.24, 2.45) is 0 Å². The van der Waals surface area contributed by atoms with Crippen molar-refractivity contribution < 1.29 is 26.7 Å².